The summed E-state index contributed by atoms with van der Waals surface area (Å²) >= 11 is 5.79. The number of likely N-dealkylation sites (N-methyl/N-ethyl adjacent to an activating group) is 1. The molecule has 1 heterocycles. The van der Waals surface area contributed by atoms with Crippen molar-refractivity contribution in [1.29, 1.82) is 0 Å². The van der Waals surface area contributed by atoms with E-state index in [4.69, 9.17) is 11.6 Å². The van der Waals surface area contributed by atoms with E-state index in [9.17, 15) is 22.8 Å². The van der Waals surface area contributed by atoms with Crippen LogP contribution in [0.1, 0.15) is 30.4 Å². The first-order chi connectivity index (χ1) is 10.2. The fourth-order valence-electron chi connectivity index (χ4n) is 2.60. The lowest BCUT2D eigenvalue weighted by Gasteiger charge is -2.18. The van der Waals surface area contributed by atoms with Crippen LogP contribution in [-0.2, 0) is 22.2 Å². The Morgan fingerprint density at radius 3 is 2.64 bits per heavy atom. The van der Waals surface area contributed by atoms with Crippen LogP contribution in [0.15, 0.2) is 18.2 Å². The van der Waals surface area contributed by atoms with Crippen LogP contribution in [0.2, 0.25) is 5.02 Å². The standard InChI is InChI=1S/C15H15ClF3NO2/c1-20-11(6-8-13(20)22)12(21)7-5-9-3-2-4-10(14(9)16)15(17,18)19/h2-4,11H,5-8H2,1H3/t11-/m0/s1. The van der Waals surface area contributed by atoms with Crippen LogP contribution in [0.25, 0.3) is 0 Å². The van der Waals surface area contributed by atoms with Gasteiger partial charge in [0.15, 0.2) is 5.78 Å². The average Bonchev–Trinajstić information content (AvgIpc) is 2.76. The molecule has 1 atom stereocenters. The average molecular weight is 334 g/mol. The lowest BCUT2D eigenvalue weighted by atomic mass is 10.0. The molecule has 0 N–H and O–H groups in total. The van der Waals surface area contributed by atoms with Crippen molar-refractivity contribution in [3.63, 3.8) is 0 Å². The Bertz CT molecular complexity index is 601. The van der Waals surface area contributed by atoms with Gasteiger partial charge < -0.3 is 4.90 Å². The Labute approximate surface area is 131 Å². The molecule has 1 fully saturated rings. The van der Waals surface area contributed by atoms with Gasteiger partial charge >= 0.3 is 6.18 Å². The Morgan fingerprint density at radius 1 is 1.41 bits per heavy atom. The first-order valence-corrected chi connectivity index (χ1v) is 7.22. The fraction of sp³-hybridized carbons (Fsp3) is 0.467. The van der Waals surface area contributed by atoms with E-state index in [2.05, 4.69) is 0 Å². The van der Waals surface area contributed by atoms with E-state index in [0.717, 1.165) is 6.07 Å². The van der Waals surface area contributed by atoms with Crippen molar-refractivity contribution in [2.24, 2.45) is 0 Å². The van der Waals surface area contributed by atoms with Crippen LogP contribution in [0.5, 0.6) is 0 Å². The molecule has 0 aliphatic carbocycles. The molecule has 0 unspecified atom stereocenters. The fourth-order valence-corrected chi connectivity index (χ4v) is 2.92. The third kappa shape index (κ3) is 3.43. The highest BCUT2D eigenvalue weighted by atomic mass is 35.5. The maximum absolute atomic E-state index is 12.8. The molecule has 3 nitrogen and oxygen atoms in total. The number of hydrogen-bond acceptors (Lipinski definition) is 2. The molecule has 0 radical (unpaired) electrons. The van der Waals surface area contributed by atoms with Crippen LogP contribution >= 0.6 is 11.6 Å². The molecule has 1 saturated heterocycles. The van der Waals surface area contributed by atoms with Gasteiger partial charge in [0.2, 0.25) is 5.91 Å². The van der Waals surface area contributed by atoms with E-state index in [0.29, 0.717) is 12.8 Å². The molecule has 1 aliphatic heterocycles. The minimum absolute atomic E-state index is 0.0588. The molecule has 7 heteroatoms. The van der Waals surface area contributed by atoms with Crippen molar-refractivity contribution in [2.45, 2.75) is 37.9 Å². The van der Waals surface area contributed by atoms with Crippen molar-refractivity contribution >= 4 is 23.3 Å². The maximum atomic E-state index is 12.8. The summed E-state index contributed by atoms with van der Waals surface area (Å²) in [5.41, 5.74) is -0.607. The SMILES string of the molecule is CN1C(=O)CC[C@H]1C(=O)CCc1cccc(C(F)(F)F)c1Cl. The Balaban J connectivity index is 2.06. The van der Waals surface area contributed by atoms with Gasteiger partial charge in [0, 0.05) is 19.9 Å². The number of hydrogen-bond donors (Lipinski definition) is 0. The summed E-state index contributed by atoms with van der Waals surface area (Å²) < 4.78 is 38.3. The minimum atomic E-state index is -4.52. The number of alkyl halides is 3. The van der Waals surface area contributed by atoms with Gasteiger partial charge in [0.25, 0.3) is 0 Å². The van der Waals surface area contributed by atoms with Gasteiger partial charge in [0.1, 0.15) is 0 Å². The normalized spacial score (nSPS) is 18.9. The molecule has 0 saturated carbocycles. The predicted molar refractivity (Wildman–Crippen MR) is 75.6 cm³/mol. The number of carbonyl (C=O) groups is 2. The number of benzene rings is 1. The van der Waals surface area contributed by atoms with E-state index < -0.39 is 17.8 Å². The second-order valence-electron chi connectivity index (χ2n) is 5.30. The van der Waals surface area contributed by atoms with E-state index >= 15 is 0 Å². The zero-order chi connectivity index (χ0) is 16.5. The second kappa shape index (κ2) is 6.28. The van der Waals surface area contributed by atoms with E-state index in [-0.39, 0.29) is 35.1 Å². The Kier molecular flexibility index (Phi) is 4.80. The largest absolute Gasteiger partial charge is 0.417 e. The molecular weight excluding hydrogens is 319 g/mol. The van der Waals surface area contributed by atoms with Gasteiger partial charge in [0.05, 0.1) is 16.6 Å². The zero-order valence-corrected chi connectivity index (χ0v) is 12.7. The van der Waals surface area contributed by atoms with Crippen molar-refractivity contribution in [2.75, 3.05) is 7.05 Å². The first-order valence-electron chi connectivity index (χ1n) is 6.84. The third-order valence-corrected chi connectivity index (χ3v) is 4.34. The highest BCUT2D eigenvalue weighted by molar-refractivity contribution is 6.32. The van der Waals surface area contributed by atoms with Gasteiger partial charge in [-0.1, -0.05) is 23.7 Å². The summed E-state index contributed by atoms with van der Waals surface area (Å²) in [6, 6.07) is 3.20. The number of likely N-dealkylation sites (tertiary alicyclic amines) is 1. The predicted octanol–water partition coefficient (Wildman–Crippen LogP) is 3.48. The molecule has 0 spiro atoms. The van der Waals surface area contributed by atoms with Crippen molar-refractivity contribution in [1.82, 2.24) is 4.90 Å². The number of nitrogens with zero attached hydrogens (tertiary/aromatic N) is 1. The number of amides is 1. The quantitative estimate of drug-likeness (QED) is 0.846. The number of carbonyl (C=O) groups excluding carboxylic acids is 2. The van der Waals surface area contributed by atoms with Crippen LogP contribution in [-0.4, -0.2) is 29.7 Å². The number of Topliss-reactive ketones (excluding diaryl/α,β-unsaturated/α-hetero) is 1. The van der Waals surface area contributed by atoms with Crippen molar-refractivity contribution in [3.8, 4) is 0 Å². The smallest absolute Gasteiger partial charge is 0.336 e. The number of ketones is 1. The summed E-state index contributed by atoms with van der Waals surface area (Å²) in [6.45, 7) is 0. The molecule has 1 aromatic rings. The summed E-state index contributed by atoms with van der Waals surface area (Å²) in [7, 11) is 1.56. The van der Waals surface area contributed by atoms with E-state index in [1.807, 2.05) is 0 Å². The number of aryl methyl sites for hydroxylation is 1. The summed E-state index contributed by atoms with van der Waals surface area (Å²) in [5, 5.41) is -0.362. The van der Waals surface area contributed by atoms with Crippen molar-refractivity contribution in [3.05, 3.63) is 34.3 Å². The monoisotopic (exact) mass is 333 g/mol. The van der Waals surface area contributed by atoms with Gasteiger partial charge in [-0.3, -0.25) is 9.59 Å². The minimum Gasteiger partial charge on any atom is -0.336 e. The Morgan fingerprint density at radius 2 is 2.09 bits per heavy atom. The molecule has 1 aromatic carbocycles. The molecule has 0 bridgehead atoms. The maximum Gasteiger partial charge on any atom is 0.417 e. The van der Waals surface area contributed by atoms with Crippen LogP contribution in [0.3, 0.4) is 0 Å². The van der Waals surface area contributed by atoms with Crippen LogP contribution < -0.4 is 0 Å². The second-order valence-corrected chi connectivity index (χ2v) is 5.68. The molecule has 1 amide bonds. The summed E-state index contributed by atoms with van der Waals surface area (Å²) in [4.78, 5) is 24.9. The highest BCUT2D eigenvalue weighted by Crippen LogP contribution is 2.36. The van der Waals surface area contributed by atoms with Gasteiger partial charge in [-0.2, -0.15) is 13.2 Å². The molecular formula is C15H15ClF3NO2. The van der Waals surface area contributed by atoms with Gasteiger partial charge in [-0.05, 0) is 24.5 Å². The lowest BCUT2D eigenvalue weighted by molar-refractivity contribution is -0.137. The van der Waals surface area contributed by atoms with Crippen molar-refractivity contribution < 1.29 is 22.8 Å². The number of rotatable bonds is 4. The molecule has 2 rings (SSSR count). The Hall–Kier alpha value is -1.56. The van der Waals surface area contributed by atoms with Crippen LogP contribution in [0, 0.1) is 0 Å². The van der Waals surface area contributed by atoms with Crippen LogP contribution in [0.4, 0.5) is 13.2 Å². The summed E-state index contributed by atoms with van der Waals surface area (Å²) in [6.07, 6.45) is -3.54. The zero-order valence-electron chi connectivity index (χ0n) is 11.9. The molecule has 120 valence electrons. The number of halogens is 4. The van der Waals surface area contributed by atoms with E-state index in [1.54, 1.807) is 7.05 Å². The first kappa shape index (κ1) is 16.8. The summed E-state index contributed by atoms with van der Waals surface area (Å²) in [5.74, 6) is -0.239. The molecule has 1 aliphatic rings. The van der Waals surface area contributed by atoms with E-state index in [1.165, 1.54) is 17.0 Å². The molecule has 22 heavy (non-hydrogen) atoms. The highest BCUT2D eigenvalue weighted by Gasteiger charge is 2.35. The third-order valence-electron chi connectivity index (χ3n) is 3.89. The topological polar surface area (TPSA) is 37.4 Å². The van der Waals surface area contributed by atoms with Gasteiger partial charge in [-0.15, -0.1) is 0 Å². The van der Waals surface area contributed by atoms with Gasteiger partial charge in [-0.25, -0.2) is 0 Å². The molecule has 0 aromatic heterocycles. The lowest BCUT2D eigenvalue weighted by Crippen LogP contribution is -2.35.